The van der Waals surface area contributed by atoms with Crippen LogP contribution < -0.4 is 14.8 Å². The van der Waals surface area contributed by atoms with Crippen LogP contribution in [0.3, 0.4) is 0 Å². The van der Waals surface area contributed by atoms with Gasteiger partial charge < -0.3 is 14.8 Å². The first-order valence-electron chi connectivity index (χ1n) is 7.85. The van der Waals surface area contributed by atoms with Crippen molar-refractivity contribution >= 4 is 0 Å². The predicted octanol–water partition coefficient (Wildman–Crippen LogP) is 3.76. The van der Waals surface area contributed by atoms with Gasteiger partial charge in [-0.15, -0.1) is 0 Å². The zero-order valence-electron chi connectivity index (χ0n) is 12.8. The van der Waals surface area contributed by atoms with Gasteiger partial charge in [-0.2, -0.15) is 0 Å². The molecule has 0 unspecified atom stereocenters. The average molecular weight is 277 g/mol. The molecule has 20 heavy (non-hydrogen) atoms. The SMILES string of the molecule is CC(C)CCCCNCc1cccc2c1OCCCO2. The van der Waals surface area contributed by atoms with Crippen LogP contribution in [0.25, 0.3) is 0 Å². The third kappa shape index (κ3) is 4.71. The van der Waals surface area contributed by atoms with E-state index < -0.39 is 0 Å². The van der Waals surface area contributed by atoms with Crippen molar-refractivity contribution in [2.45, 2.75) is 46.1 Å². The molecular formula is C17H27NO2. The van der Waals surface area contributed by atoms with Gasteiger partial charge in [0.15, 0.2) is 11.5 Å². The Morgan fingerprint density at radius 1 is 1.15 bits per heavy atom. The normalized spacial score (nSPS) is 14.3. The number of hydrogen-bond acceptors (Lipinski definition) is 3. The Hall–Kier alpha value is -1.22. The maximum Gasteiger partial charge on any atom is 0.165 e. The molecule has 2 rings (SSSR count). The summed E-state index contributed by atoms with van der Waals surface area (Å²) in [6.45, 7) is 7.98. The monoisotopic (exact) mass is 277 g/mol. The molecule has 3 nitrogen and oxygen atoms in total. The molecule has 0 bridgehead atoms. The van der Waals surface area contributed by atoms with E-state index in [-0.39, 0.29) is 0 Å². The maximum atomic E-state index is 5.82. The first-order chi connectivity index (χ1) is 9.77. The van der Waals surface area contributed by atoms with Crippen LogP contribution in [0, 0.1) is 5.92 Å². The zero-order chi connectivity index (χ0) is 14.2. The van der Waals surface area contributed by atoms with Crippen LogP contribution in [0.4, 0.5) is 0 Å². The van der Waals surface area contributed by atoms with Crippen molar-refractivity contribution in [2.75, 3.05) is 19.8 Å². The van der Waals surface area contributed by atoms with Gasteiger partial charge in [0.25, 0.3) is 0 Å². The van der Waals surface area contributed by atoms with E-state index in [1.807, 2.05) is 12.1 Å². The van der Waals surface area contributed by atoms with E-state index in [9.17, 15) is 0 Å². The van der Waals surface area contributed by atoms with Gasteiger partial charge in [0.2, 0.25) is 0 Å². The second-order valence-electron chi connectivity index (χ2n) is 5.86. The topological polar surface area (TPSA) is 30.5 Å². The summed E-state index contributed by atoms with van der Waals surface area (Å²) >= 11 is 0. The van der Waals surface area contributed by atoms with Crippen molar-refractivity contribution in [3.05, 3.63) is 23.8 Å². The standard InChI is InChI=1S/C17H27NO2/c1-14(2)7-3-4-10-18-13-15-8-5-9-16-17(15)20-12-6-11-19-16/h5,8-9,14,18H,3-4,6-7,10-13H2,1-2H3. The fourth-order valence-electron chi connectivity index (χ4n) is 2.42. The van der Waals surface area contributed by atoms with E-state index in [2.05, 4.69) is 25.2 Å². The largest absolute Gasteiger partial charge is 0.490 e. The fraction of sp³-hybridized carbons (Fsp3) is 0.647. The van der Waals surface area contributed by atoms with Gasteiger partial charge >= 0.3 is 0 Å². The van der Waals surface area contributed by atoms with Crippen LogP contribution in [0.1, 0.15) is 45.1 Å². The molecule has 1 aromatic rings. The lowest BCUT2D eigenvalue weighted by molar-refractivity contribution is 0.296. The molecule has 0 saturated heterocycles. The van der Waals surface area contributed by atoms with Gasteiger partial charge in [-0.05, 0) is 24.9 Å². The number of nitrogens with one attached hydrogen (secondary N) is 1. The zero-order valence-corrected chi connectivity index (χ0v) is 12.8. The quantitative estimate of drug-likeness (QED) is 0.770. The lowest BCUT2D eigenvalue weighted by Gasteiger charge is -2.13. The number of ether oxygens (including phenoxy) is 2. The molecule has 0 atom stereocenters. The molecule has 0 fully saturated rings. The van der Waals surface area contributed by atoms with Crippen LogP contribution in [0.15, 0.2) is 18.2 Å². The minimum absolute atomic E-state index is 0.748. The summed E-state index contributed by atoms with van der Waals surface area (Å²) in [5.74, 6) is 2.63. The molecule has 0 radical (unpaired) electrons. The van der Waals surface area contributed by atoms with Crippen molar-refractivity contribution in [3.63, 3.8) is 0 Å². The van der Waals surface area contributed by atoms with Gasteiger partial charge in [-0.1, -0.05) is 38.8 Å². The Bertz CT molecular complexity index is 404. The molecule has 0 aliphatic carbocycles. The van der Waals surface area contributed by atoms with Crippen LogP contribution >= 0.6 is 0 Å². The Morgan fingerprint density at radius 3 is 2.85 bits per heavy atom. The van der Waals surface area contributed by atoms with Gasteiger partial charge in [0, 0.05) is 18.5 Å². The minimum atomic E-state index is 0.748. The second kappa shape index (κ2) is 8.15. The number of benzene rings is 1. The Kier molecular flexibility index (Phi) is 6.19. The highest BCUT2D eigenvalue weighted by Gasteiger charge is 2.13. The summed E-state index contributed by atoms with van der Waals surface area (Å²) in [5.41, 5.74) is 1.20. The van der Waals surface area contributed by atoms with Crippen LogP contribution in [0.2, 0.25) is 0 Å². The molecular weight excluding hydrogens is 250 g/mol. The Labute approximate surface area is 122 Å². The van der Waals surface area contributed by atoms with Crippen LogP contribution in [0.5, 0.6) is 11.5 Å². The van der Waals surface area contributed by atoms with E-state index in [1.165, 1.54) is 24.8 Å². The fourth-order valence-corrected chi connectivity index (χ4v) is 2.42. The molecule has 112 valence electrons. The number of fused-ring (bicyclic) bond motifs is 1. The Morgan fingerprint density at radius 2 is 2.00 bits per heavy atom. The molecule has 3 heteroatoms. The molecule has 1 heterocycles. The average Bonchev–Trinajstić information content (AvgIpc) is 2.68. The molecule has 1 aliphatic rings. The van der Waals surface area contributed by atoms with Gasteiger partial charge in [0.05, 0.1) is 13.2 Å². The lowest BCUT2D eigenvalue weighted by atomic mass is 10.1. The number of rotatable bonds is 7. The van der Waals surface area contributed by atoms with Crippen molar-refractivity contribution in [1.82, 2.24) is 5.32 Å². The van der Waals surface area contributed by atoms with Crippen molar-refractivity contribution in [3.8, 4) is 11.5 Å². The summed E-state index contributed by atoms with van der Waals surface area (Å²) in [6.07, 6.45) is 4.82. The molecule has 1 N–H and O–H groups in total. The van der Waals surface area contributed by atoms with Gasteiger partial charge in [-0.3, -0.25) is 0 Å². The molecule has 0 aromatic heterocycles. The summed E-state index contributed by atoms with van der Waals surface area (Å²) in [5, 5.41) is 3.51. The van der Waals surface area contributed by atoms with E-state index in [1.54, 1.807) is 0 Å². The highest BCUT2D eigenvalue weighted by atomic mass is 16.5. The third-order valence-corrected chi connectivity index (χ3v) is 3.55. The number of hydrogen-bond donors (Lipinski definition) is 1. The summed E-state index contributed by atoms with van der Waals surface area (Å²) in [4.78, 5) is 0. The third-order valence-electron chi connectivity index (χ3n) is 3.55. The Balaban J connectivity index is 1.78. The minimum Gasteiger partial charge on any atom is -0.490 e. The summed E-state index contributed by atoms with van der Waals surface area (Å²) in [6, 6.07) is 6.16. The second-order valence-corrected chi connectivity index (χ2v) is 5.86. The molecule has 0 amide bonds. The van der Waals surface area contributed by atoms with E-state index in [0.29, 0.717) is 0 Å². The van der Waals surface area contributed by atoms with E-state index in [4.69, 9.17) is 9.47 Å². The van der Waals surface area contributed by atoms with Gasteiger partial charge in [-0.25, -0.2) is 0 Å². The van der Waals surface area contributed by atoms with E-state index in [0.717, 1.165) is 50.1 Å². The summed E-state index contributed by atoms with van der Waals surface area (Å²) in [7, 11) is 0. The molecule has 0 saturated carbocycles. The van der Waals surface area contributed by atoms with Crippen molar-refractivity contribution in [2.24, 2.45) is 5.92 Å². The predicted molar refractivity (Wildman–Crippen MR) is 82.4 cm³/mol. The van der Waals surface area contributed by atoms with Crippen LogP contribution in [-0.2, 0) is 6.54 Å². The maximum absolute atomic E-state index is 5.82. The first kappa shape index (κ1) is 15.2. The molecule has 0 spiro atoms. The number of para-hydroxylation sites is 1. The first-order valence-corrected chi connectivity index (χ1v) is 7.85. The molecule has 1 aliphatic heterocycles. The highest BCUT2D eigenvalue weighted by molar-refractivity contribution is 5.46. The van der Waals surface area contributed by atoms with Crippen molar-refractivity contribution < 1.29 is 9.47 Å². The number of unbranched alkanes of at least 4 members (excludes halogenated alkanes) is 1. The molecule has 1 aromatic carbocycles. The highest BCUT2D eigenvalue weighted by Crippen LogP contribution is 2.33. The summed E-state index contributed by atoms with van der Waals surface area (Å²) < 4.78 is 11.5. The van der Waals surface area contributed by atoms with Gasteiger partial charge in [0.1, 0.15) is 0 Å². The van der Waals surface area contributed by atoms with Crippen molar-refractivity contribution in [1.29, 1.82) is 0 Å². The van der Waals surface area contributed by atoms with E-state index >= 15 is 0 Å². The van der Waals surface area contributed by atoms with Crippen LogP contribution in [-0.4, -0.2) is 19.8 Å². The smallest absolute Gasteiger partial charge is 0.165 e. The lowest BCUT2D eigenvalue weighted by Crippen LogP contribution is -2.15.